The van der Waals surface area contributed by atoms with E-state index in [-0.39, 0.29) is 18.3 Å². The Bertz CT molecular complexity index is 438. The molecule has 4 heteroatoms. The molecule has 1 fully saturated rings. The monoisotopic (exact) mass is 277 g/mol. The predicted molar refractivity (Wildman–Crippen MR) is 77.9 cm³/mol. The average Bonchev–Trinajstić information content (AvgIpc) is 2.92. The molecule has 1 saturated carbocycles. The van der Waals surface area contributed by atoms with Crippen molar-refractivity contribution < 1.29 is 15.0 Å². The van der Waals surface area contributed by atoms with E-state index in [0.717, 1.165) is 24.8 Å². The first-order valence-electron chi connectivity index (χ1n) is 7.31. The van der Waals surface area contributed by atoms with E-state index in [0.29, 0.717) is 6.04 Å². The fourth-order valence-corrected chi connectivity index (χ4v) is 3.13. The standard InChI is InChI=1S/C16H23NO3/c1-12(10-13-6-8-15(18)9-7-13)17(11-16(19)20)14-4-2-3-5-14/h6-9,12,14,18H,2-5,10-11H2,1H3,(H,19,20). The number of hydrogen-bond acceptors (Lipinski definition) is 3. The summed E-state index contributed by atoms with van der Waals surface area (Å²) in [6.07, 6.45) is 5.42. The Balaban J connectivity index is 2.03. The Kier molecular flexibility index (Phi) is 5.01. The van der Waals surface area contributed by atoms with Gasteiger partial charge < -0.3 is 10.2 Å². The van der Waals surface area contributed by atoms with Gasteiger partial charge in [-0.25, -0.2) is 0 Å². The lowest BCUT2D eigenvalue weighted by Gasteiger charge is -2.33. The van der Waals surface area contributed by atoms with Crippen LogP contribution in [0.3, 0.4) is 0 Å². The van der Waals surface area contributed by atoms with Crippen molar-refractivity contribution in [2.75, 3.05) is 6.54 Å². The highest BCUT2D eigenvalue weighted by Gasteiger charge is 2.28. The molecule has 0 saturated heterocycles. The molecule has 0 spiro atoms. The van der Waals surface area contributed by atoms with Crippen molar-refractivity contribution in [3.8, 4) is 5.75 Å². The topological polar surface area (TPSA) is 60.8 Å². The van der Waals surface area contributed by atoms with Crippen LogP contribution in [0, 0.1) is 0 Å². The molecule has 0 radical (unpaired) electrons. The Morgan fingerprint density at radius 1 is 1.30 bits per heavy atom. The van der Waals surface area contributed by atoms with Crippen molar-refractivity contribution in [1.82, 2.24) is 4.90 Å². The molecule has 2 rings (SSSR count). The summed E-state index contributed by atoms with van der Waals surface area (Å²) in [6, 6.07) is 7.76. The van der Waals surface area contributed by atoms with Crippen molar-refractivity contribution in [1.29, 1.82) is 0 Å². The summed E-state index contributed by atoms with van der Waals surface area (Å²) in [5, 5.41) is 18.4. The van der Waals surface area contributed by atoms with Gasteiger partial charge in [-0.15, -0.1) is 0 Å². The Morgan fingerprint density at radius 2 is 1.90 bits per heavy atom. The van der Waals surface area contributed by atoms with Crippen LogP contribution < -0.4 is 0 Å². The van der Waals surface area contributed by atoms with Gasteiger partial charge >= 0.3 is 5.97 Å². The van der Waals surface area contributed by atoms with Crippen LogP contribution in [0.4, 0.5) is 0 Å². The molecule has 1 aliphatic carbocycles. The number of benzene rings is 1. The highest BCUT2D eigenvalue weighted by Crippen LogP contribution is 2.26. The molecule has 0 aromatic heterocycles. The van der Waals surface area contributed by atoms with E-state index in [2.05, 4.69) is 11.8 Å². The summed E-state index contributed by atoms with van der Waals surface area (Å²) in [6.45, 7) is 2.21. The molecular weight excluding hydrogens is 254 g/mol. The average molecular weight is 277 g/mol. The summed E-state index contributed by atoms with van der Waals surface area (Å²) >= 11 is 0. The number of carboxylic acid groups (broad SMARTS) is 1. The molecule has 0 heterocycles. The summed E-state index contributed by atoms with van der Waals surface area (Å²) in [4.78, 5) is 13.2. The highest BCUT2D eigenvalue weighted by molar-refractivity contribution is 5.69. The molecule has 0 bridgehead atoms. The predicted octanol–water partition coefficient (Wildman–Crippen LogP) is 2.65. The van der Waals surface area contributed by atoms with Gasteiger partial charge in [0.25, 0.3) is 0 Å². The van der Waals surface area contributed by atoms with Crippen molar-refractivity contribution in [2.45, 2.75) is 51.1 Å². The Morgan fingerprint density at radius 3 is 2.45 bits per heavy atom. The van der Waals surface area contributed by atoms with Gasteiger partial charge in [-0.05, 0) is 43.9 Å². The number of aliphatic carboxylic acids is 1. The van der Waals surface area contributed by atoms with Crippen LogP contribution in [0.2, 0.25) is 0 Å². The third kappa shape index (κ3) is 3.97. The van der Waals surface area contributed by atoms with Crippen LogP contribution in [-0.4, -0.2) is 39.7 Å². The van der Waals surface area contributed by atoms with E-state index >= 15 is 0 Å². The Labute approximate surface area is 120 Å². The van der Waals surface area contributed by atoms with Crippen LogP contribution in [0.15, 0.2) is 24.3 Å². The molecule has 2 N–H and O–H groups in total. The van der Waals surface area contributed by atoms with Crippen LogP contribution >= 0.6 is 0 Å². The molecule has 1 unspecified atom stereocenters. The molecular formula is C16H23NO3. The molecule has 0 amide bonds. The van der Waals surface area contributed by atoms with Gasteiger partial charge in [-0.3, -0.25) is 9.69 Å². The molecule has 1 aromatic rings. The third-order valence-electron chi connectivity index (χ3n) is 4.15. The number of aromatic hydroxyl groups is 1. The SMILES string of the molecule is CC(Cc1ccc(O)cc1)N(CC(=O)O)C1CCCC1. The summed E-state index contributed by atoms with van der Waals surface area (Å²) in [7, 11) is 0. The van der Waals surface area contributed by atoms with Gasteiger partial charge in [0.1, 0.15) is 5.75 Å². The number of hydrogen-bond donors (Lipinski definition) is 2. The Hall–Kier alpha value is -1.55. The van der Waals surface area contributed by atoms with Crippen molar-refractivity contribution in [3.63, 3.8) is 0 Å². The molecule has 1 aromatic carbocycles. The second-order valence-corrected chi connectivity index (χ2v) is 5.72. The zero-order valence-corrected chi connectivity index (χ0v) is 12.0. The number of rotatable bonds is 6. The van der Waals surface area contributed by atoms with Crippen molar-refractivity contribution in [3.05, 3.63) is 29.8 Å². The first kappa shape index (κ1) is 14.9. The maximum absolute atomic E-state index is 11.1. The maximum atomic E-state index is 11.1. The van der Waals surface area contributed by atoms with Gasteiger partial charge in [-0.1, -0.05) is 25.0 Å². The van der Waals surface area contributed by atoms with E-state index in [1.807, 2.05) is 12.1 Å². The second-order valence-electron chi connectivity index (χ2n) is 5.72. The molecule has 1 atom stereocenters. The third-order valence-corrected chi connectivity index (χ3v) is 4.15. The summed E-state index contributed by atoms with van der Waals surface area (Å²) in [5.41, 5.74) is 1.13. The first-order valence-corrected chi connectivity index (χ1v) is 7.31. The number of nitrogens with zero attached hydrogens (tertiary/aromatic N) is 1. The van der Waals surface area contributed by atoms with Crippen LogP contribution in [-0.2, 0) is 11.2 Å². The molecule has 20 heavy (non-hydrogen) atoms. The van der Waals surface area contributed by atoms with E-state index in [9.17, 15) is 9.90 Å². The fourth-order valence-electron chi connectivity index (χ4n) is 3.13. The van der Waals surface area contributed by atoms with E-state index in [4.69, 9.17) is 5.11 Å². The zero-order chi connectivity index (χ0) is 14.5. The van der Waals surface area contributed by atoms with E-state index in [1.165, 1.54) is 12.8 Å². The second kappa shape index (κ2) is 6.75. The lowest BCUT2D eigenvalue weighted by atomic mass is 10.0. The minimum Gasteiger partial charge on any atom is -0.508 e. The van der Waals surface area contributed by atoms with Crippen molar-refractivity contribution >= 4 is 5.97 Å². The minimum atomic E-state index is -0.755. The quantitative estimate of drug-likeness (QED) is 0.839. The maximum Gasteiger partial charge on any atom is 0.317 e. The fraction of sp³-hybridized carbons (Fsp3) is 0.562. The summed E-state index contributed by atoms with van der Waals surface area (Å²) in [5.74, 6) is -0.492. The van der Waals surface area contributed by atoms with Gasteiger partial charge in [0.05, 0.1) is 6.54 Å². The van der Waals surface area contributed by atoms with Crippen LogP contribution in [0.1, 0.15) is 38.2 Å². The van der Waals surface area contributed by atoms with E-state index < -0.39 is 5.97 Å². The lowest BCUT2D eigenvalue weighted by molar-refractivity contribution is -0.139. The smallest absolute Gasteiger partial charge is 0.317 e. The van der Waals surface area contributed by atoms with Gasteiger partial charge in [0, 0.05) is 12.1 Å². The van der Waals surface area contributed by atoms with Gasteiger partial charge in [0.2, 0.25) is 0 Å². The number of carbonyl (C=O) groups is 1. The summed E-state index contributed by atoms with van der Waals surface area (Å²) < 4.78 is 0. The van der Waals surface area contributed by atoms with Crippen molar-refractivity contribution in [2.24, 2.45) is 0 Å². The van der Waals surface area contributed by atoms with E-state index in [1.54, 1.807) is 12.1 Å². The van der Waals surface area contributed by atoms with Gasteiger partial charge in [0.15, 0.2) is 0 Å². The number of carboxylic acids is 1. The minimum absolute atomic E-state index is 0.115. The first-order chi connectivity index (χ1) is 9.56. The molecule has 1 aliphatic rings. The lowest BCUT2D eigenvalue weighted by Crippen LogP contribution is -2.44. The molecule has 4 nitrogen and oxygen atoms in total. The molecule has 0 aliphatic heterocycles. The highest BCUT2D eigenvalue weighted by atomic mass is 16.4. The van der Waals surface area contributed by atoms with Crippen LogP contribution in [0.25, 0.3) is 0 Å². The molecule has 110 valence electrons. The van der Waals surface area contributed by atoms with Crippen LogP contribution in [0.5, 0.6) is 5.75 Å². The number of phenols is 1. The van der Waals surface area contributed by atoms with Gasteiger partial charge in [-0.2, -0.15) is 0 Å². The zero-order valence-electron chi connectivity index (χ0n) is 12.0. The number of phenolic OH excluding ortho intramolecular Hbond substituents is 1. The largest absolute Gasteiger partial charge is 0.508 e. The normalized spacial score (nSPS) is 17.5.